The van der Waals surface area contributed by atoms with E-state index in [1.165, 1.54) is 105 Å². The number of aromatic nitrogens is 12. The number of carboxylic acids is 1. The molecule has 0 spiro atoms. The maximum atomic E-state index is 13.0. The molecule has 25 nitrogen and oxygen atoms in total. The van der Waals surface area contributed by atoms with Crippen LogP contribution in [0.5, 0.6) is 11.8 Å². The molecule has 7 aromatic heterocycles. The minimum Gasteiger partial charge on any atom is -0.478 e. The van der Waals surface area contributed by atoms with Gasteiger partial charge in [-0.05, 0) is 72.7 Å². The first-order valence-electron chi connectivity index (χ1n) is 22.1. The van der Waals surface area contributed by atoms with Gasteiger partial charge in [0.2, 0.25) is 21.8 Å². The van der Waals surface area contributed by atoms with Gasteiger partial charge in [0.25, 0.3) is 25.0 Å². The van der Waals surface area contributed by atoms with Gasteiger partial charge in [-0.3, -0.25) is 18.8 Å². The molecule has 37 heteroatoms. The van der Waals surface area contributed by atoms with E-state index in [0.717, 1.165) is 27.7 Å². The summed E-state index contributed by atoms with van der Waals surface area (Å²) in [6, 6.07) is 7.89. The summed E-state index contributed by atoms with van der Waals surface area (Å²) in [6.07, 6.45) is -2.07. The predicted octanol–water partition coefficient (Wildman–Crippen LogP) is 6.67. The number of aryl methyl sites for hydroxylation is 6. The summed E-state index contributed by atoms with van der Waals surface area (Å²) in [7, 11) is -1.51. The Bertz CT molecular complexity index is 3660. The number of nitrogens with zero attached hydrogens (tertiary/aromatic N) is 12. The van der Waals surface area contributed by atoms with Gasteiger partial charge in [0, 0.05) is 74.9 Å². The van der Waals surface area contributed by atoms with Crippen molar-refractivity contribution in [1.82, 2.24) is 63.6 Å². The Morgan fingerprint density at radius 3 is 1.26 bits per heavy atom. The summed E-state index contributed by atoms with van der Waals surface area (Å²) in [5, 5.41) is 32.8. The average Bonchev–Trinajstić information content (AvgIpc) is 4.16. The number of nitrogens with one attached hydrogen (secondary N) is 1. The molecule has 0 bridgehead atoms. The number of halogens is 9. The third kappa shape index (κ3) is 17.3. The lowest BCUT2D eigenvalue weighted by Crippen LogP contribution is -2.37. The van der Waals surface area contributed by atoms with Crippen LogP contribution in [0.1, 0.15) is 65.5 Å². The van der Waals surface area contributed by atoms with Crippen molar-refractivity contribution in [3.63, 3.8) is 0 Å². The number of ether oxygens (including phenoxy) is 2. The number of pyridine rings is 2. The smallest absolute Gasteiger partial charge is 0.397 e. The summed E-state index contributed by atoms with van der Waals surface area (Å²) < 4.78 is 164. The van der Waals surface area contributed by atoms with Crippen LogP contribution in [-0.2, 0) is 50.2 Å². The Hall–Kier alpha value is -6.85. The highest BCUT2D eigenvalue weighted by molar-refractivity contribution is 8.13. The van der Waals surface area contributed by atoms with Crippen molar-refractivity contribution in [2.24, 2.45) is 37.1 Å². The lowest BCUT2D eigenvalue weighted by Gasteiger charge is -2.26. The lowest BCUT2D eigenvalue weighted by atomic mass is 9.94. The second kappa shape index (κ2) is 24.9. The molecule has 0 unspecified atom stereocenters. The molecule has 80 heavy (non-hydrogen) atoms. The van der Waals surface area contributed by atoms with E-state index in [2.05, 4.69) is 35.5 Å². The van der Waals surface area contributed by atoms with Gasteiger partial charge in [-0.1, -0.05) is 23.2 Å². The quantitative estimate of drug-likeness (QED) is 0.0581. The second-order valence-corrected chi connectivity index (χ2v) is 24.5. The van der Waals surface area contributed by atoms with Gasteiger partial charge in [-0.25, -0.2) is 59.2 Å². The Labute approximate surface area is 467 Å². The molecule has 0 saturated carbocycles. The van der Waals surface area contributed by atoms with Crippen LogP contribution in [0.4, 0.5) is 26.3 Å². The highest BCUT2D eigenvalue weighted by Crippen LogP contribution is 2.39. The first kappa shape index (κ1) is 65.7. The normalized spacial score (nSPS) is 12.3. The molecule has 0 fully saturated rings. The fourth-order valence-electron chi connectivity index (χ4n) is 5.88. The number of alkyl halides is 6. The van der Waals surface area contributed by atoms with E-state index in [0.29, 0.717) is 11.4 Å². The summed E-state index contributed by atoms with van der Waals surface area (Å²) in [5.41, 5.74) is -3.44. The van der Waals surface area contributed by atoms with Crippen LogP contribution in [0.2, 0.25) is 10.3 Å². The number of hydrogen-bond donors (Lipinski definition) is 3. The molecule has 438 valence electrons. The molecule has 7 rings (SSSR count). The molecular weight excluding hydrogens is 1210 g/mol. The van der Waals surface area contributed by atoms with E-state index in [4.69, 9.17) is 53.6 Å². The molecule has 0 saturated heterocycles. The second-order valence-electron chi connectivity index (χ2n) is 18.0. The van der Waals surface area contributed by atoms with Crippen molar-refractivity contribution in [2.45, 2.75) is 75.5 Å². The van der Waals surface area contributed by atoms with Crippen LogP contribution < -0.4 is 19.3 Å². The number of carbonyl (C=O) groups excluding carboxylic acids is 1. The Kier molecular flexibility index (Phi) is 20.4. The zero-order valence-electron chi connectivity index (χ0n) is 43.4. The minimum atomic E-state index is -4.45. The molecule has 4 N–H and O–H groups in total. The third-order valence-corrected chi connectivity index (χ3v) is 14.9. The molecular formula is C43H49Cl3F6N14O11S3. The largest absolute Gasteiger partial charge is 0.478 e. The molecule has 0 aliphatic carbocycles. The van der Waals surface area contributed by atoms with E-state index in [1.807, 2.05) is 4.72 Å². The fourth-order valence-corrected chi connectivity index (χ4v) is 9.41. The minimum absolute atomic E-state index is 0.0208. The van der Waals surface area contributed by atoms with Crippen LogP contribution in [0.25, 0.3) is 11.6 Å². The molecule has 7 aromatic rings. The van der Waals surface area contributed by atoms with Crippen LogP contribution in [-0.4, -0.2) is 127 Å². The number of primary sulfonamides is 1. The summed E-state index contributed by atoms with van der Waals surface area (Å²) in [4.78, 5) is 31.3. The van der Waals surface area contributed by atoms with Crippen molar-refractivity contribution >= 4 is 74.9 Å². The van der Waals surface area contributed by atoms with Gasteiger partial charge in [-0.2, -0.15) is 41.6 Å². The zero-order chi connectivity index (χ0) is 60.9. The maximum absolute atomic E-state index is 13.0. The summed E-state index contributed by atoms with van der Waals surface area (Å²) >= 11 is 11.8. The van der Waals surface area contributed by atoms with E-state index in [-0.39, 0.29) is 65.2 Å². The van der Waals surface area contributed by atoms with Gasteiger partial charge in [0.1, 0.15) is 38.2 Å². The first-order chi connectivity index (χ1) is 36.4. The van der Waals surface area contributed by atoms with Crippen molar-refractivity contribution in [3.05, 3.63) is 106 Å². The summed E-state index contributed by atoms with van der Waals surface area (Å²) in [6.45, 7) is 7.48. The van der Waals surface area contributed by atoms with Gasteiger partial charge in [-0.15, -0.1) is 10.2 Å². The number of carbonyl (C=O) groups is 2. The van der Waals surface area contributed by atoms with Gasteiger partial charge in [0.05, 0.1) is 39.0 Å². The predicted molar refractivity (Wildman–Crippen MR) is 273 cm³/mol. The molecule has 0 radical (unpaired) electrons. The first-order valence-corrected chi connectivity index (χ1v) is 28.2. The molecule has 0 aliphatic heterocycles. The van der Waals surface area contributed by atoms with E-state index in [1.54, 1.807) is 27.9 Å². The van der Waals surface area contributed by atoms with E-state index in [9.17, 15) is 61.2 Å². The maximum Gasteiger partial charge on any atom is 0.397 e. The standard InChI is InChI=1S/C19H20ClF3N6O4S.C14H13ClF3N3O3.C5H7ClN2O2S.C5H9N3O2S/c1-11-13(9-28(4)25-11)34(31,32)27-17(30)12-5-6-14(24-16(12)20)29-8-7-15(26-29)33-10-18(2,3)19(21,22)23;1-13(2,14(16,17)18)7-24-10-5-6-21(20-10)9-4-3-8(12(22)23)11(15)19-9;2*1-4-5(11(6,9)10)3-8(2)7-4/h5-9H,10H2,1-4H3,(H,27,30);3-6H,7H2,1-2H3,(H,22,23);3H,1-2H3;3H,1-2H3,(H2,6,9,10). The third-order valence-electron chi connectivity index (χ3n) is 10.4. The van der Waals surface area contributed by atoms with Gasteiger partial charge in [0.15, 0.2) is 11.6 Å². The number of aromatic carboxylic acids is 1. The number of rotatable bonds is 14. The SMILES string of the molecule is CC(C)(COc1ccn(-c2ccc(C(=O)O)c(Cl)n2)n1)C(F)(F)F.Cc1nn(C)cc1S(=O)(=O)Cl.Cc1nn(C)cc1S(=O)(=O)NC(=O)c1ccc(-n2ccc(OCC(C)(C)C(F)(F)F)n2)nc1Cl.Cc1nn(C)cc1S(N)(=O)=O. The Balaban J connectivity index is 0.000000257. The highest BCUT2D eigenvalue weighted by atomic mass is 35.7. The average molecular weight is 1250 g/mol. The number of sulfonamides is 2. The molecule has 0 aromatic carbocycles. The van der Waals surface area contributed by atoms with Crippen molar-refractivity contribution in [3.8, 4) is 23.4 Å². The highest BCUT2D eigenvalue weighted by Gasteiger charge is 2.49. The fraction of sp³-hybridized carbons (Fsp3) is 0.372. The van der Waals surface area contributed by atoms with Crippen LogP contribution in [0, 0.1) is 31.6 Å². The number of amides is 1. The van der Waals surface area contributed by atoms with Crippen LogP contribution >= 0.6 is 33.9 Å². The molecule has 7 heterocycles. The molecule has 0 aliphatic rings. The van der Waals surface area contributed by atoms with E-state index >= 15 is 0 Å². The van der Waals surface area contributed by atoms with Crippen molar-refractivity contribution in [1.29, 1.82) is 0 Å². The van der Waals surface area contributed by atoms with Gasteiger partial charge < -0.3 is 14.6 Å². The monoisotopic (exact) mass is 1250 g/mol. The summed E-state index contributed by atoms with van der Waals surface area (Å²) in [5.74, 6) is -2.00. The van der Waals surface area contributed by atoms with Crippen LogP contribution in [0.15, 0.2) is 82.1 Å². The van der Waals surface area contributed by atoms with Crippen LogP contribution in [0.3, 0.4) is 0 Å². The molecule has 1 amide bonds. The zero-order valence-corrected chi connectivity index (χ0v) is 48.1. The number of nitrogens with two attached hydrogens (primary N) is 1. The molecule has 0 atom stereocenters. The number of hydrogen-bond acceptors (Lipinski definition) is 17. The van der Waals surface area contributed by atoms with E-state index < -0.39 is 77.4 Å². The lowest BCUT2D eigenvalue weighted by molar-refractivity contribution is -0.220. The Morgan fingerprint density at radius 1 is 0.613 bits per heavy atom. The van der Waals surface area contributed by atoms with Gasteiger partial charge >= 0.3 is 18.3 Å². The topological polar surface area (TPSA) is 328 Å². The van der Waals surface area contributed by atoms with Crippen molar-refractivity contribution < 1.29 is 75.8 Å². The Morgan fingerprint density at radius 2 is 0.975 bits per heavy atom. The number of carboxylic acid groups (broad SMARTS) is 1. The van der Waals surface area contributed by atoms with Crippen molar-refractivity contribution in [2.75, 3.05) is 13.2 Å².